The maximum absolute atomic E-state index is 6.27. The van der Waals surface area contributed by atoms with Crippen LogP contribution in [0.4, 0.5) is 0 Å². The number of aryl methyl sites for hydroxylation is 2. The van der Waals surface area contributed by atoms with Gasteiger partial charge in [0.25, 0.3) is 0 Å². The first-order chi connectivity index (χ1) is 16.8. The summed E-state index contributed by atoms with van der Waals surface area (Å²) < 4.78 is 23.3. The fraction of sp³-hybridized carbons (Fsp3) is 0.613. The first-order valence-corrected chi connectivity index (χ1v) is 14.0. The molecular weight excluding hydrogens is 468 g/mol. The molecule has 1 saturated heterocycles. The molecule has 1 heterocycles. The molecule has 200 valence electrons. The van der Waals surface area contributed by atoms with E-state index >= 15 is 0 Å². The summed E-state index contributed by atoms with van der Waals surface area (Å²) in [4.78, 5) is 2.53. The van der Waals surface area contributed by atoms with Crippen molar-refractivity contribution in [2.24, 2.45) is 0 Å². The van der Waals surface area contributed by atoms with E-state index in [1.807, 2.05) is 11.8 Å². The van der Waals surface area contributed by atoms with Crippen LogP contribution in [-0.2, 0) is 20.3 Å². The van der Waals surface area contributed by atoms with Crippen LogP contribution in [0, 0.1) is 13.8 Å². The third-order valence-electron chi connectivity index (χ3n) is 6.67. The lowest BCUT2D eigenvalue weighted by molar-refractivity contribution is 0.0952. The van der Waals surface area contributed by atoms with Crippen molar-refractivity contribution in [2.45, 2.75) is 108 Å². The minimum Gasteiger partial charge on any atom is -0.493 e. The van der Waals surface area contributed by atoms with E-state index < -0.39 is 0 Å². The summed E-state index contributed by atoms with van der Waals surface area (Å²) in [6.45, 7) is 22.1. The molecule has 0 spiro atoms. The quantitative estimate of drug-likeness (QED) is 0.284. The van der Waals surface area contributed by atoms with Crippen LogP contribution in [0.3, 0.4) is 0 Å². The Balaban J connectivity index is 1.89. The highest BCUT2D eigenvalue weighted by atomic mass is 32.2. The maximum atomic E-state index is 6.27. The van der Waals surface area contributed by atoms with Crippen LogP contribution in [-0.4, -0.2) is 39.1 Å². The van der Waals surface area contributed by atoms with Crippen LogP contribution in [0.15, 0.2) is 34.1 Å². The lowest BCUT2D eigenvalue weighted by Crippen LogP contribution is -2.16. The molecule has 0 saturated carbocycles. The van der Waals surface area contributed by atoms with Gasteiger partial charge in [0, 0.05) is 40.9 Å². The van der Waals surface area contributed by atoms with Crippen LogP contribution in [0.5, 0.6) is 11.5 Å². The molecule has 0 bridgehead atoms. The van der Waals surface area contributed by atoms with Gasteiger partial charge in [-0.25, -0.2) is 0 Å². The van der Waals surface area contributed by atoms with Gasteiger partial charge in [0.1, 0.15) is 11.5 Å². The van der Waals surface area contributed by atoms with Gasteiger partial charge >= 0.3 is 0 Å². The molecule has 5 heteroatoms. The van der Waals surface area contributed by atoms with E-state index in [1.54, 1.807) is 7.11 Å². The van der Waals surface area contributed by atoms with Gasteiger partial charge in [-0.2, -0.15) is 0 Å². The van der Waals surface area contributed by atoms with Crippen molar-refractivity contribution in [3.63, 3.8) is 0 Å². The van der Waals surface area contributed by atoms with E-state index in [-0.39, 0.29) is 16.9 Å². The molecule has 36 heavy (non-hydrogen) atoms. The third kappa shape index (κ3) is 7.90. The Morgan fingerprint density at radius 1 is 0.861 bits per heavy atom. The van der Waals surface area contributed by atoms with Gasteiger partial charge in [-0.15, -0.1) is 0 Å². The highest BCUT2D eigenvalue weighted by Gasteiger charge is 2.25. The normalized spacial score (nSPS) is 16.7. The minimum atomic E-state index is -0.0280. The van der Waals surface area contributed by atoms with Gasteiger partial charge in [0.05, 0.1) is 32.0 Å². The number of benzene rings is 2. The topological polar surface area (TPSA) is 40.2 Å². The van der Waals surface area contributed by atoms with Gasteiger partial charge in [-0.05, 0) is 67.0 Å². The maximum Gasteiger partial charge on any atom is 0.123 e. The summed E-state index contributed by atoms with van der Waals surface area (Å²) in [7, 11) is 1.75. The molecule has 0 radical (unpaired) electrons. The second-order valence-corrected chi connectivity index (χ2v) is 13.2. The molecule has 0 aromatic heterocycles. The average Bonchev–Trinajstić information content (AvgIpc) is 3.59. The van der Waals surface area contributed by atoms with Crippen molar-refractivity contribution in [3.8, 4) is 11.5 Å². The van der Waals surface area contributed by atoms with Crippen LogP contribution < -0.4 is 9.47 Å². The van der Waals surface area contributed by atoms with Crippen molar-refractivity contribution >= 4 is 11.8 Å². The van der Waals surface area contributed by atoms with E-state index in [9.17, 15) is 0 Å². The lowest BCUT2D eigenvalue weighted by atomic mass is 9.85. The summed E-state index contributed by atoms with van der Waals surface area (Å²) in [5, 5.41) is 0. The molecule has 3 rings (SSSR count). The fourth-order valence-corrected chi connectivity index (χ4v) is 5.09. The Hall–Kier alpha value is -1.69. The molecule has 0 amide bonds. The van der Waals surface area contributed by atoms with Gasteiger partial charge in [0.15, 0.2) is 0 Å². The number of ether oxygens (including phenoxy) is 4. The molecule has 0 N–H and O–H groups in total. The summed E-state index contributed by atoms with van der Waals surface area (Å²) in [5.41, 5.74) is 4.89. The van der Waals surface area contributed by atoms with Gasteiger partial charge in [0.2, 0.25) is 0 Å². The second kappa shape index (κ2) is 11.8. The highest BCUT2D eigenvalue weighted by Crippen LogP contribution is 2.43. The molecular formula is C31H46O4S. The van der Waals surface area contributed by atoms with Crippen molar-refractivity contribution < 1.29 is 18.9 Å². The number of methoxy groups -OCH3 is 1. The Kier molecular flexibility index (Phi) is 9.46. The Morgan fingerprint density at radius 3 is 1.75 bits per heavy atom. The molecule has 0 aliphatic carbocycles. The molecule has 1 aliphatic rings. The van der Waals surface area contributed by atoms with Crippen LogP contribution in [0.25, 0.3) is 0 Å². The average molecular weight is 515 g/mol. The molecule has 2 atom stereocenters. The van der Waals surface area contributed by atoms with Gasteiger partial charge in [-0.1, -0.05) is 53.3 Å². The Labute approximate surface area is 223 Å². The zero-order valence-electron chi connectivity index (χ0n) is 24.0. The van der Waals surface area contributed by atoms with E-state index in [4.69, 9.17) is 18.9 Å². The highest BCUT2D eigenvalue weighted by molar-refractivity contribution is 7.99. The van der Waals surface area contributed by atoms with E-state index in [1.165, 1.54) is 32.0 Å². The van der Waals surface area contributed by atoms with E-state index in [0.29, 0.717) is 19.3 Å². The summed E-state index contributed by atoms with van der Waals surface area (Å²) in [5.74, 6) is 1.97. The minimum absolute atomic E-state index is 0.0168. The smallest absolute Gasteiger partial charge is 0.123 e. The third-order valence-corrected chi connectivity index (χ3v) is 7.99. The Morgan fingerprint density at radius 2 is 1.33 bits per heavy atom. The van der Waals surface area contributed by atoms with Crippen LogP contribution in [0.1, 0.15) is 83.6 Å². The van der Waals surface area contributed by atoms with E-state index in [0.717, 1.165) is 30.9 Å². The second-order valence-electron chi connectivity index (χ2n) is 12.1. The largest absolute Gasteiger partial charge is 0.493 e. The summed E-state index contributed by atoms with van der Waals surface area (Å²) in [6.07, 6.45) is 2.39. The number of rotatable bonds is 11. The number of hydrogen-bond acceptors (Lipinski definition) is 5. The zero-order valence-corrected chi connectivity index (χ0v) is 24.9. The molecule has 1 aliphatic heterocycles. The van der Waals surface area contributed by atoms with Crippen molar-refractivity contribution in [1.29, 1.82) is 0 Å². The first kappa shape index (κ1) is 28.9. The predicted octanol–water partition coefficient (Wildman–Crippen LogP) is 8.02. The fourth-order valence-electron chi connectivity index (χ4n) is 4.06. The monoisotopic (exact) mass is 514 g/mol. The summed E-state index contributed by atoms with van der Waals surface area (Å²) >= 11 is 1.84. The Bertz CT molecular complexity index is 1030. The molecule has 2 aromatic carbocycles. The lowest BCUT2D eigenvalue weighted by Gasteiger charge is -2.26. The molecule has 1 fully saturated rings. The van der Waals surface area contributed by atoms with Crippen molar-refractivity contribution in [3.05, 3.63) is 46.5 Å². The van der Waals surface area contributed by atoms with Crippen molar-refractivity contribution in [2.75, 3.05) is 26.9 Å². The van der Waals surface area contributed by atoms with Crippen molar-refractivity contribution in [1.82, 2.24) is 0 Å². The van der Waals surface area contributed by atoms with E-state index in [2.05, 4.69) is 86.6 Å². The first-order valence-electron chi connectivity index (χ1n) is 13.2. The predicted molar refractivity (Wildman–Crippen MR) is 150 cm³/mol. The standard InChI is InChI=1S/C31H46O4S/c1-20-15-26(33-13-11-22(3)32-10)24(30(4,5)6)17-28(20)36-29-18-25(31(7,8)9)27(16-21(29)2)34-14-12-23-19-35-23/h15-18,22-23H,11-14,19H2,1-10H3. The summed E-state index contributed by atoms with van der Waals surface area (Å²) in [6, 6.07) is 9.07. The van der Waals surface area contributed by atoms with Gasteiger partial charge in [-0.3, -0.25) is 0 Å². The molecule has 2 aromatic rings. The molecule has 2 unspecified atom stereocenters. The molecule has 4 nitrogen and oxygen atoms in total. The SMILES string of the molecule is COC(C)CCOc1cc(C)c(Sc2cc(C(C)(C)C)c(OCCC3CO3)cc2C)cc1C(C)(C)C. The number of epoxide rings is 1. The van der Waals surface area contributed by atoms with Crippen LogP contribution in [0.2, 0.25) is 0 Å². The zero-order chi connectivity index (χ0) is 26.7. The van der Waals surface area contributed by atoms with Gasteiger partial charge < -0.3 is 18.9 Å². The van der Waals surface area contributed by atoms with Crippen LogP contribution >= 0.6 is 11.8 Å². The number of hydrogen-bond donors (Lipinski definition) is 0.